The normalized spacial score (nSPS) is 11.2. The summed E-state index contributed by atoms with van der Waals surface area (Å²) in [4.78, 5) is 12.0. The molecule has 110 valence electrons. The van der Waals surface area contributed by atoms with Crippen LogP contribution < -0.4 is 11.1 Å². The maximum absolute atomic E-state index is 12.0. The zero-order chi connectivity index (χ0) is 14.2. The molecule has 1 amide bonds. The Morgan fingerprint density at radius 3 is 2.45 bits per heavy atom. The van der Waals surface area contributed by atoms with Crippen LogP contribution in [0, 0.1) is 13.8 Å². The molecule has 0 atom stereocenters. The zero-order valence-electron chi connectivity index (χ0n) is 12.2. The molecule has 0 unspecified atom stereocenters. The first-order chi connectivity index (χ1) is 8.76. The molecule has 2 rings (SSSR count). The molecule has 20 heavy (non-hydrogen) atoms. The smallest absolute Gasteiger partial charge is 0.287 e. The van der Waals surface area contributed by atoms with Crippen molar-refractivity contribution in [1.29, 1.82) is 0 Å². The number of amides is 1. The predicted molar refractivity (Wildman–Crippen MR) is 83.5 cm³/mol. The van der Waals surface area contributed by atoms with Crippen LogP contribution in [-0.4, -0.2) is 18.0 Å². The number of hydrogen-bond acceptors (Lipinski definition) is 3. The first-order valence-electron chi connectivity index (χ1n) is 6.34. The summed E-state index contributed by atoms with van der Waals surface area (Å²) in [5.41, 5.74) is 8.47. The SMILES string of the molecule is Cc1cc2cc(C(=O)NCC(C)(C)N)oc2cc1C.Cl. The first-order valence-corrected chi connectivity index (χ1v) is 6.34. The summed E-state index contributed by atoms with van der Waals surface area (Å²) in [6.45, 7) is 8.19. The molecule has 3 N–H and O–H groups in total. The van der Waals surface area contributed by atoms with E-state index in [-0.39, 0.29) is 18.3 Å². The number of aryl methyl sites for hydroxylation is 2. The van der Waals surface area contributed by atoms with Gasteiger partial charge in [-0.1, -0.05) is 0 Å². The van der Waals surface area contributed by atoms with Crippen molar-refractivity contribution in [1.82, 2.24) is 5.32 Å². The molecular formula is C15H21ClN2O2. The molecule has 0 aliphatic carbocycles. The summed E-state index contributed by atoms with van der Waals surface area (Å²) >= 11 is 0. The van der Waals surface area contributed by atoms with Crippen molar-refractivity contribution in [3.8, 4) is 0 Å². The van der Waals surface area contributed by atoms with Gasteiger partial charge in [0.2, 0.25) is 0 Å². The molecule has 0 radical (unpaired) electrons. The second-order valence-corrected chi connectivity index (χ2v) is 5.76. The lowest BCUT2D eigenvalue weighted by molar-refractivity contribution is 0.0920. The number of furan rings is 1. The highest BCUT2D eigenvalue weighted by Crippen LogP contribution is 2.23. The average molecular weight is 297 g/mol. The summed E-state index contributed by atoms with van der Waals surface area (Å²) in [6, 6.07) is 5.74. The summed E-state index contributed by atoms with van der Waals surface area (Å²) in [7, 11) is 0. The fraction of sp³-hybridized carbons (Fsp3) is 0.400. The van der Waals surface area contributed by atoms with E-state index in [1.165, 1.54) is 5.56 Å². The quantitative estimate of drug-likeness (QED) is 0.915. The molecule has 2 aromatic rings. The molecule has 0 saturated heterocycles. The molecule has 1 aromatic carbocycles. The minimum absolute atomic E-state index is 0. The third-order valence-electron chi connectivity index (χ3n) is 3.06. The van der Waals surface area contributed by atoms with E-state index in [9.17, 15) is 4.79 Å². The van der Waals surface area contributed by atoms with Gasteiger partial charge in [0.15, 0.2) is 5.76 Å². The molecule has 0 fully saturated rings. The number of halogens is 1. The summed E-state index contributed by atoms with van der Waals surface area (Å²) in [6.07, 6.45) is 0. The predicted octanol–water partition coefficient (Wildman–Crippen LogP) is 2.94. The number of nitrogens with one attached hydrogen (secondary N) is 1. The van der Waals surface area contributed by atoms with Crippen molar-refractivity contribution in [3.05, 3.63) is 35.1 Å². The Labute approximate surface area is 125 Å². The van der Waals surface area contributed by atoms with Gasteiger partial charge in [0.05, 0.1) is 0 Å². The Bertz CT molecular complexity index is 588. The minimum Gasteiger partial charge on any atom is -0.451 e. The number of carbonyl (C=O) groups excluding carboxylic acids is 1. The lowest BCUT2D eigenvalue weighted by atomic mass is 10.1. The number of benzene rings is 1. The van der Waals surface area contributed by atoms with E-state index in [1.807, 2.05) is 39.8 Å². The third-order valence-corrected chi connectivity index (χ3v) is 3.06. The van der Waals surface area contributed by atoms with Crippen LogP contribution in [0.2, 0.25) is 0 Å². The molecule has 0 aliphatic heterocycles. The van der Waals surface area contributed by atoms with Crippen molar-refractivity contribution in [2.45, 2.75) is 33.2 Å². The van der Waals surface area contributed by atoms with E-state index in [2.05, 4.69) is 5.32 Å². The number of nitrogens with two attached hydrogens (primary N) is 1. The lowest BCUT2D eigenvalue weighted by Gasteiger charge is -2.18. The Hall–Kier alpha value is -1.52. The summed E-state index contributed by atoms with van der Waals surface area (Å²) in [5.74, 6) is 0.0919. The van der Waals surface area contributed by atoms with Gasteiger partial charge < -0.3 is 15.5 Å². The van der Waals surface area contributed by atoms with Crippen LogP contribution in [0.25, 0.3) is 11.0 Å². The number of fused-ring (bicyclic) bond motifs is 1. The van der Waals surface area contributed by atoms with Crippen molar-refractivity contribution < 1.29 is 9.21 Å². The highest BCUT2D eigenvalue weighted by molar-refractivity contribution is 5.96. The van der Waals surface area contributed by atoms with Crippen LogP contribution >= 0.6 is 12.4 Å². The van der Waals surface area contributed by atoms with Gasteiger partial charge in [0, 0.05) is 17.5 Å². The number of hydrogen-bond donors (Lipinski definition) is 2. The van der Waals surface area contributed by atoms with Crippen molar-refractivity contribution in [3.63, 3.8) is 0 Å². The molecule has 0 saturated carbocycles. The third kappa shape index (κ3) is 3.74. The molecular weight excluding hydrogens is 276 g/mol. The van der Waals surface area contributed by atoms with Gasteiger partial charge in [-0.25, -0.2) is 0 Å². The van der Waals surface area contributed by atoms with Gasteiger partial charge in [0.1, 0.15) is 5.58 Å². The maximum atomic E-state index is 12.0. The van der Waals surface area contributed by atoms with Gasteiger partial charge in [0.25, 0.3) is 5.91 Å². The second kappa shape index (κ2) is 5.85. The van der Waals surface area contributed by atoms with Crippen molar-refractivity contribution in [2.75, 3.05) is 6.54 Å². The van der Waals surface area contributed by atoms with Gasteiger partial charge in [-0.15, -0.1) is 12.4 Å². The van der Waals surface area contributed by atoms with Crippen LogP contribution in [0.4, 0.5) is 0 Å². The van der Waals surface area contributed by atoms with Gasteiger partial charge in [-0.2, -0.15) is 0 Å². The number of rotatable bonds is 3. The van der Waals surface area contributed by atoms with E-state index in [1.54, 1.807) is 6.07 Å². The Balaban J connectivity index is 0.00000200. The van der Waals surface area contributed by atoms with Crippen LogP contribution in [-0.2, 0) is 0 Å². The molecule has 1 heterocycles. The van der Waals surface area contributed by atoms with Gasteiger partial charge in [-0.3, -0.25) is 4.79 Å². The molecule has 4 nitrogen and oxygen atoms in total. The highest BCUT2D eigenvalue weighted by Gasteiger charge is 2.16. The summed E-state index contributed by atoms with van der Waals surface area (Å²) < 4.78 is 5.58. The van der Waals surface area contributed by atoms with Crippen molar-refractivity contribution in [2.24, 2.45) is 5.73 Å². The average Bonchev–Trinajstić information content (AvgIpc) is 2.68. The van der Waals surface area contributed by atoms with Crippen LogP contribution in [0.5, 0.6) is 0 Å². The molecule has 1 aromatic heterocycles. The molecule has 0 spiro atoms. The van der Waals surface area contributed by atoms with Gasteiger partial charge >= 0.3 is 0 Å². The van der Waals surface area contributed by atoms with Crippen LogP contribution in [0.3, 0.4) is 0 Å². The van der Waals surface area contributed by atoms with E-state index < -0.39 is 5.54 Å². The van der Waals surface area contributed by atoms with E-state index >= 15 is 0 Å². The number of carbonyl (C=O) groups is 1. The largest absolute Gasteiger partial charge is 0.451 e. The van der Waals surface area contributed by atoms with Gasteiger partial charge in [-0.05, 0) is 57.0 Å². The van der Waals surface area contributed by atoms with E-state index in [0.29, 0.717) is 12.3 Å². The maximum Gasteiger partial charge on any atom is 0.287 e. The first kappa shape index (κ1) is 16.5. The topological polar surface area (TPSA) is 68.3 Å². The Morgan fingerprint density at radius 1 is 1.25 bits per heavy atom. The fourth-order valence-electron chi connectivity index (χ4n) is 1.81. The molecule has 0 aliphatic rings. The van der Waals surface area contributed by atoms with E-state index in [0.717, 1.165) is 16.5 Å². The fourth-order valence-corrected chi connectivity index (χ4v) is 1.81. The summed E-state index contributed by atoms with van der Waals surface area (Å²) in [5, 5.41) is 3.72. The van der Waals surface area contributed by atoms with Crippen molar-refractivity contribution >= 4 is 29.3 Å². The lowest BCUT2D eigenvalue weighted by Crippen LogP contribution is -2.45. The zero-order valence-corrected chi connectivity index (χ0v) is 13.1. The minimum atomic E-state index is -0.436. The standard InChI is InChI=1S/C15H20N2O2.ClH/c1-9-5-11-7-13(19-12(11)6-10(9)2)14(18)17-8-15(3,4)16;/h5-7H,8,16H2,1-4H3,(H,17,18);1H. The monoisotopic (exact) mass is 296 g/mol. The Morgan fingerprint density at radius 2 is 1.85 bits per heavy atom. The Kier molecular flexibility index (Phi) is 4.84. The molecule has 5 heteroatoms. The second-order valence-electron chi connectivity index (χ2n) is 5.76. The highest BCUT2D eigenvalue weighted by atomic mass is 35.5. The van der Waals surface area contributed by atoms with E-state index in [4.69, 9.17) is 10.2 Å². The van der Waals surface area contributed by atoms with Crippen LogP contribution in [0.1, 0.15) is 35.5 Å². The van der Waals surface area contributed by atoms with Crippen LogP contribution in [0.15, 0.2) is 22.6 Å². The molecule has 0 bridgehead atoms.